The van der Waals surface area contributed by atoms with Crippen molar-refractivity contribution >= 4 is 34.4 Å². The van der Waals surface area contributed by atoms with Crippen molar-refractivity contribution in [1.29, 1.82) is 0 Å². The van der Waals surface area contributed by atoms with E-state index in [9.17, 15) is 9.59 Å². The SMILES string of the molecule is CCOC(=O)c1sc(NC(=O)/C=C/c2ccc(OCOC)cc2)nc1C. The molecule has 1 aromatic heterocycles. The molecule has 1 heterocycles. The van der Waals surface area contributed by atoms with Crippen molar-refractivity contribution < 1.29 is 23.8 Å². The molecule has 0 unspecified atom stereocenters. The molecular weight excluding hydrogens is 356 g/mol. The molecule has 0 spiro atoms. The molecule has 0 saturated heterocycles. The number of aromatic nitrogens is 1. The first kappa shape index (κ1) is 19.6. The zero-order valence-electron chi connectivity index (χ0n) is 14.8. The van der Waals surface area contributed by atoms with Gasteiger partial charge in [0.1, 0.15) is 10.6 Å². The van der Waals surface area contributed by atoms with Gasteiger partial charge in [0.25, 0.3) is 0 Å². The van der Waals surface area contributed by atoms with Crippen LogP contribution in [0.15, 0.2) is 30.3 Å². The Morgan fingerprint density at radius 1 is 1.27 bits per heavy atom. The summed E-state index contributed by atoms with van der Waals surface area (Å²) >= 11 is 1.09. The van der Waals surface area contributed by atoms with Crippen molar-refractivity contribution in [2.45, 2.75) is 13.8 Å². The molecule has 0 aliphatic heterocycles. The van der Waals surface area contributed by atoms with E-state index in [1.54, 1.807) is 39.2 Å². The number of amides is 1. The van der Waals surface area contributed by atoms with Gasteiger partial charge >= 0.3 is 5.97 Å². The normalized spacial score (nSPS) is 10.7. The maximum absolute atomic E-state index is 12.0. The summed E-state index contributed by atoms with van der Waals surface area (Å²) in [4.78, 5) is 28.4. The fourth-order valence-electron chi connectivity index (χ4n) is 1.96. The topological polar surface area (TPSA) is 86.8 Å². The highest BCUT2D eigenvalue weighted by Gasteiger charge is 2.16. The van der Waals surface area contributed by atoms with Crippen molar-refractivity contribution in [1.82, 2.24) is 4.98 Å². The second-order valence-corrected chi connectivity index (χ2v) is 6.10. The quantitative estimate of drug-likeness (QED) is 0.432. The molecule has 1 N–H and O–H groups in total. The van der Waals surface area contributed by atoms with Gasteiger partial charge in [0.2, 0.25) is 5.91 Å². The third-order valence-electron chi connectivity index (χ3n) is 3.14. The summed E-state index contributed by atoms with van der Waals surface area (Å²) in [5, 5.41) is 2.99. The lowest BCUT2D eigenvalue weighted by molar-refractivity contribution is -0.111. The Morgan fingerprint density at radius 3 is 2.65 bits per heavy atom. The summed E-state index contributed by atoms with van der Waals surface area (Å²) in [7, 11) is 1.55. The van der Waals surface area contributed by atoms with E-state index in [0.717, 1.165) is 16.9 Å². The van der Waals surface area contributed by atoms with Crippen LogP contribution in [0.25, 0.3) is 6.08 Å². The van der Waals surface area contributed by atoms with Crippen LogP contribution in [0.4, 0.5) is 5.13 Å². The van der Waals surface area contributed by atoms with Crippen LogP contribution >= 0.6 is 11.3 Å². The van der Waals surface area contributed by atoms with Crippen molar-refractivity contribution in [3.63, 3.8) is 0 Å². The van der Waals surface area contributed by atoms with Crippen LogP contribution < -0.4 is 10.1 Å². The molecule has 0 bridgehead atoms. The molecule has 0 fully saturated rings. The number of thiazole rings is 1. The molecule has 0 radical (unpaired) electrons. The molecule has 2 rings (SSSR count). The van der Waals surface area contributed by atoms with Gasteiger partial charge in [-0.15, -0.1) is 0 Å². The van der Waals surface area contributed by atoms with E-state index in [4.69, 9.17) is 14.2 Å². The first-order chi connectivity index (χ1) is 12.5. The third-order valence-corrected chi connectivity index (χ3v) is 4.19. The lowest BCUT2D eigenvalue weighted by Gasteiger charge is -2.04. The van der Waals surface area contributed by atoms with Gasteiger partial charge in [0.15, 0.2) is 11.9 Å². The predicted molar refractivity (Wildman–Crippen MR) is 99.4 cm³/mol. The Bertz CT molecular complexity index is 783. The highest BCUT2D eigenvalue weighted by atomic mass is 32.1. The molecule has 26 heavy (non-hydrogen) atoms. The number of nitrogens with one attached hydrogen (secondary N) is 1. The number of carbonyl (C=O) groups is 2. The molecule has 7 nitrogen and oxygen atoms in total. The van der Waals surface area contributed by atoms with Gasteiger partial charge in [0.05, 0.1) is 12.3 Å². The van der Waals surface area contributed by atoms with E-state index in [0.29, 0.717) is 21.5 Å². The summed E-state index contributed by atoms with van der Waals surface area (Å²) in [6, 6.07) is 7.21. The van der Waals surface area contributed by atoms with E-state index in [-0.39, 0.29) is 19.3 Å². The number of methoxy groups -OCH3 is 1. The van der Waals surface area contributed by atoms with Gasteiger partial charge in [-0.3, -0.25) is 10.1 Å². The molecular formula is C18H20N2O5S. The Labute approximate surface area is 155 Å². The first-order valence-electron chi connectivity index (χ1n) is 7.89. The molecule has 0 saturated carbocycles. The van der Waals surface area contributed by atoms with E-state index >= 15 is 0 Å². The largest absolute Gasteiger partial charge is 0.468 e. The smallest absolute Gasteiger partial charge is 0.350 e. The second kappa shape index (κ2) is 9.69. The maximum atomic E-state index is 12.0. The third kappa shape index (κ3) is 5.68. The molecule has 1 aromatic carbocycles. The molecule has 138 valence electrons. The molecule has 1 amide bonds. The Kier molecular flexibility index (Phi) is 7.31. The van der Waals surface area contributed by atoms with Gasteiger partial charge in [0, 0.05) is 13.2 Å². The number of aryl methyl sites for hydroxylation is 1. The minimum absolute atomic E-state index is 0.179. The summed E-state index contributed by atoms with van der Waals surface area (Å²) in [5.41, 5.74) is 1.37. The summed E-state index contributed by atoms with van der Waals surface area (Å²) in [6.45, 7) is 3.90. The number of ether oxygens (including phenoxy) is 3. The summed E-state index contributed by atoms with van der Waals surface area (Å²) < 4.78 is 15.1. The lowest BCUT2D eigenvalue weighted by Crippen LogP contribution is -2.07. The Balaban J connectivity index is 1.95. The average molecular weight is 376 g/mol. The van der Waals surface area contributed by atoms with Crippen LogP contribution in [-0.4, -0.2) is 37.4 Å². The minimum atomic E-state index is -0.436. The van der Waals surface area contributed by atoms with Crippen LogP contribution in [0.1, 0.15) is 27.9 Å². The van der Waals surface area contributed by atoms with Gasteiger partial charge < -0.3 is 14.2 Å². The van der Waals surface area contributed by atoms with Crippen LogP contribution in [0.3, 0.4) is 0 Å². The van der Waals surface area contributed by atoms with Crippen LogP contribution in [-0.2, 0) is 14.3 Å². The summed E-state index contributed by atoms with van der Waals surface area (Å²) in [6.07, 6.45) is 3.06. The Hall–Kier alpha value is -2.71. The van der Waals surface area contributed by atoms with Crippen LogP contribution in [0, 0.1) is 6.92 Å². The Morgan fingerprint density at radius 2 is 2.00 bits per heavy atom. The average Bonchev–Trinajstić information content (AvgIpc) is 2.99. The highest BCUT2D eigenvalue weighted by molar-refractivity contribution is 7.17. The van der Waals surface area contributed by atoms with Crippen LogP contribution in [0.5, 0.6) is 5.75 Å². The monoisotopic (exact) mass is 376 g/mol. The standard InChI is InChI=1S/C18H20N2O5S/c1-4-24-17(22)16-12(2)19-18(26-16)20-15(21)10-7-13-5-8-14(9-6-13)25-11-23-3/h5-10H,4,11H2,1-3H3,(H,19,20,21)/b10-7+. The minimum Gasteiger partial charge on any atom is -0.468 e. The number of nitrogens with zero attached hydrogens (tertiary/aromatic N) is 1. The maximum Gasteiger partial charge on any atom is 0.350 e. The number of carbonyl (C=O) groups excluding carboxylic acids is 2. The summed E-state index contributed by atoms with van der Waals surface area (Å²) in [5.74, 6) is -0.0959. The predicted octanol–water partition coefficient (Wildman–Crippen LogP) is 3.26. The number of esters is 1. The number of rotatable bonds is 8. The van der Waals surface area contributed by atoms with Gasteiger partial charge in [-0.1, -0.05) is 23.5 Å². The van der Waals surface area contributed by atoms with Crippen molar-refractivity contribution in [2.75, 3.05) is 25.8 Å². The van der Waals surface area contributed by atoms with Crippen molar-refractivity contribution in [3.05, 3.63) is 46.5 Å². The molecule has 8 heteroatoms. The van der Waals surface area contributed by atoms with Gasteiger partial charge in [-0.2, -0.15) is 0 Å². The van der Waals surface area contributed by atoms with Gasteiger partial charge in [-0.05, 0) is 37.6 Å². The first-order valence-corrected chi connectivity index (χ1v) is 8.70. The fraction of sp³-hybridized carbons (Fsp3) is 0.278. The molecule has 0 aliphatic rings. The lowest BCUT2D eigenvalue weighted by atomic mass is 10.2. The van der Waals surface area contributed by atoms with E-state index in [1.807, 2.05) is 12.1 Å². The fourth-order valence-corrected chi connectivity index (χ4v) is 2.82. The highest BCUT2D eigenvalue weighted by Crippen LogP contribution is 2.23. The molecule has 2 aromatic rings. The molecule has 0 atom stereocenters. The zero-order chi connectivity index (χ0) is 18.9. The van der Waals surface area contributed by atoms with Crippen molar-refractivity contribution in [3.8, 4) is 5.75 Å². The van der Waals surface area contributed by atoms with Crippen LogP contribution in [0.2, 0.25) is 0 Å². The second-order valence-electron chi connectivity index (χ2n) is 5.10. The van der Waals surface area contributed by atoms with Gasteiger partial charge in [-0.25, -0.2) is 9.78 Å². The van der Waals surface area contributed by atoms with E-state index in [2.05, 4.69) is 10.3 Å². The number of hydrogen-bond acceptors (Lipinski definition) is 7. The number of benzene rings is 1. The van der Waals surface area contributed by atoms with E-state index < -0.39 is 5.97 Å². The van der Waals surface area contributed by atoms with E-state index in [1.165, 1.54) is 6.08 Å². The number of anilines is 1. The zero-order valence-corrected chi connectivity index (χ0v) is 15.6. The van der Waals surface area contributed by atoms with Crippen molar-refractivity contribution in [2.24, 2.45) is 0 Å². The molecule has 0 aliphatic carbocycles. The number of hydrogen-bond donors (Lipinski definition) is 1.